The first kappa shape index (κ1) is 86.2. The monoisotopic (exact) mass is 1650 g/mol. The standard InChI is InChI=1S/3C24H25N5O2.C23H27N3O4/c1-4-31-20-5-6-23(17(2)11-20)29-16-21(19-14-27-28(3)15-19)22(12-24(29)30)26-13-18-7-9-25-10-8-18;1-4-31-20-7-8-23(17(2)10-20)29-16-21(19-14-27-28(3)15-19)22(11-24(29)30)26-13-18-6-5-9-25-12-18;1-4-31-20-8-9-23(17(2)11-20)29-16-21(18-13-27-28(3)15-18)22(12-24(29)30)26-14-19-7-5-6-10-25-19;1-4-29-19-5-6-21(16(2)11-19)26-15-20(17-13-24-25(3)14-17)22(12-23(26)27)30-18-7-9-28-10-8-18/h2*5-12,14-16,26H,4,13H2,1-3H3;5-13,15-16,26H,4,14H2,1-3H3;5-6,11-15,18H,4,7-10H2,1-3H3. The van der Waals surface area contributed by atoms with E-state index in [1.807, 2.05) is 248 Å². The number of aryl methyl sites for hydroxylation is 8. The number of anilines is 3. The molecule has 12 heterocycles. The zero-order chi connectivity index (χ0) is 86.5. The highest BCUT2D eigenvalue weighted by molar-refractivity contribution is 5.79. The smallest absolute Gasteiger partial charge is 0.258 e. The Balaban J connectivity index is 0.000000141. The zero-order valence-corrected chi connectivity index (χ0v) is 71.2. The molecule has 0 saturated carbocycles. The zero-order valence-electron chi connectivity index (χ0n) is 71.2. The van der Waals surface area contributed by atoms with E-state index in [1.165, 1.54) is 0 Å². The van der Waals surface area contributed by atoms with Crippen LogP contribution >= 0.6 is 0 Å². The van der Waals surface area contributed by atoms with E-state index in [9.17, 15) is 19.2 Å². The van der Waals surface area contributed by atoms with Gasteiger partial charge in [-0.05, 0) is 192 Å². The van der Waals surface area contributed by atoms with E-state index in [4.69, 9.17) is 28.4 Å². The van der Waals surface area contributed by atoms with Gasteiger partial charge in [-0.3, -0.25) is 71.1 Å². The van der Waals surface area contributed by atoms with Gasteiger partial charge in [0, 0.05) is 221 Å². The van der Waals surface area contributed by atoms with Crippen LogP contribution in [0.2, 0.25) is 0 Å². The summed E-state index contributed by atoms with van der Waals surface area (Å²) < 4.78 is 47.7. The summed E-state index contributed by atoms with van der Waals surface area (Å²) in [5, 5.41) is 27.3. The van der Waals surface area contributed by atoms with Gasteiger partial charge in [0.2, 0.25) is 0 Å². The van der Waals surface area contributed by atoms with E-state index in [1.54, 1.807) is 117 Å². The van der Waals surface area contributed by atoms with E-state index < -0.39 is 0 Å². The number of hydrogen-bond acceptors (Lipinski definition) is 20. The van der Waals surface area contributed by atoms with Crippen LogP contribution in [0.3, 0.4) is 0 Å². The fourth-order valence-corrected chi connectivity index (χ4v) is 14.2. The van der Waals surface area contributed by atoms with Crippen LogP contribution in [0.25, 0.3) is 67.3 Å². The van der Waals surface area contributed by atoms with Gasteiger partial charge < -0.3 is 44.4 Å². The Bertz CT molecular complexity index is 5870. The molecular formula is C95H102N18O10. The van der Waals surface area contributed by atoms with Gasteiger partial charge in [0.15, 0.2) is 0 Å². The first-order valence-corrected chi connectivity index (χ1v) is 40.8. The van der Waals surface area contributed by atoms with Crippen molar-refractivity contribution in [1.82, 2.24) is 72.3 Å². The summed E-state index contributed by atoms with van der Waals surface area (Å²) in [7, 11) is 7.49. The Morgan fingerprint density at radius 2 is 0.748 bits per heavy atom. The maximum Gasteiger partial charge on any atom is 0.258 e. The Hall–Kier alpha value is -14.7. The van der Waals surface area contributed by atoms with Crippen molar-refractivity contribution in [2.45, 2.75) is 94.0 Å². The van der Waals surface area contributed by atoms with Crippen molar-refractivity contribution in [2.24, 2.45) is 28.2 Å². The number of nitrogens with one attached hydrogen (secondary N) is 3. The Morgan fingerprint density at radius 1 is 0.374 bits per heavy atom. The molecule has 123 heavy (non-hydrogen) atoms. The molecule has 4 aromatic carbocycles. The van der Waals surface area contributed by atoms with Crippen molar-refractivity contribution in [3.63, 3.8) is 0 Å². The van der Waals surface area contributed by atoms with Crippen molar-refractivity contribution < 1.29 is 28.4 Å². The highest BCUT2D eigenvalue weighted by Gasteiger charge is 2.23. The molecule has 3 N–H and O–H groups in total. The Labute approximate surface area is 713 Å². The van der Waals surface area contributed by atoms with Gasteiger partial charge in [-0.15, -0.1) is 0 Å². The van der Waals surface area contributed by atoms with Crippen molar-refractivity contribution in [1.29, 1.82) is 0 Å². The molecule has 15 aromatic rings. The predicted octanol–water partition coefficient (Wildman–Crippen LogP) is 15.4. The third-order valence-corrected chi connectivity index (χ3v) is 20.3. The summed E-state index contributed by atoms with van der Waals surface area (Å²) in [4.78, 5) is 64.8. The van der Waals surface area contributed by atoms with Crippen molar-refractivity contribution in [3.8, 4) is 96.0 Å². The normalized spacial score (nSPS) is 11.7. The van der Waals surface area contributed by atoms with E-state index >= 15 is 0 Å². The lowest BCUT2D eigenvalue weighted by molar-refractivity contribution is 0.0257. The minimum absolute atomic E-state index is 0.0385. The van der Waals surface area contributed by atoms with E-state index in [0.29, 0.717) is 65.0 Å². The van der Waals surface area contributed by atoms with Gasteiger partial charge in [-0.25, -0.2) is 0 Å². The maximum atomic E-state index is 13.1. The average molecular weight is 1660 g/mol. The summed E-state index contributed by atoms with van der Waals surface area (Å²) in [5.41, 5.74) is 19.0. The van der Waals surface area contributed by atoms with E-state index in [-0.39, 0.29) is 28.3 Å². The first-order chi connectivity index (χ1) is 59.7. The molecule has 1 aliphatic heterocycles. The molecule has 11 aromatic heterocycles. The summed E-state index contributed by atoms with van der Waals surface area (Å²) in [5.74, 6) is 3.75. The van der Waals surface area contributed by atoms with Crippen molar-refractivity contribution >= 4 is 17.1 Å². The Kier molecular flexibility index (Phi) is 28.6. The fourth-order valence-electron chi connectivity index (χ4n) is 14.2. The summed E-state index contributed by atoms with van der Waals surface area (Å²) in [6, 6.07) is 43.0. The fraction of sp³-hybridized carbons (Fsp3) is 0.253. The van der Waals surface area contributed by atoms with Crippen LogP contribution in [0.5, 0.6) is 28.7 Å². The lowest BCUT2D eigenvalue weighted by atomic mass is 10.1. The average Bonchev–Trinajstić information content (AvgIpc) is 1.79. The molecular weight excluding hydrogens is 1550 g/mol. The molecule has 28 heteroatoms. The molecule has 0 amide bonds. The molecule has 0 aliphatic carbocycles. The predicted molar refractivity (Wildman–Crippen MR) is 480 cm³/mol. The number of hydrogen-bond donors (Lipinski definition) is 3. The molecule has 16 rings (SSSR count). The number of rotatable bonds is 27. The van der Waals surface area contributed by atoms with Gasteiger partial charge >= 0.3 is 0 Å². The largest absolute Gasteiger partial charge is 0.494 e. The minimum atomic E-state index is -0.142. The van der Waals surface area contributed by atoms with Crippen LogP contribution in [-0.4, -0.2) is 118 Å². The highest BCUT2D eigenvalue weighted by Crippen LogP contribution is 2.36. The van der Waals surface area contributed by atoms with Gasteiger partial charge in [0.25, 0.3) is 22.2 Å². The maximum absolute atomic E-state index is 13.1. The third-order valence-electron chi connectivity index (χ3n) is 20.3. The van der Waals surface area contributed by atoms with Crippen molar-refractivity contribution in [2.75, 3.05) is 55.6 Å². The van der Waals surface area contributed by atoms with Crippen LogP contribution in [0.4, 0.5) is 17.1 Å². The quantitative estimate of drug-likeness (QED) is 0.0431. The van der Waals surface area contributed by atoms with E-state index in [2.05, 4.69) is 51.3 Å². The molecule has 0 spiro atoms. The van der Waals surface area contributed by atoms with Gasteiger partial charge in [0.05, 0.1) is 99.4 Å². The molecule has 632 valence electrons. The van der Waals surface area contributed by atoms with Gasteiger partial charge in [-0.1, -0.05) is 12.1 Å². The highest BCUT2D eigenvalue weighted by atomic mass is 16.5. The number of benzene rings is 4. The molecule has 0 bridgehead atoms. The second kappa shape index (κ2) is 40.9. The van der Waals surface area contributed by atoms with Crippen LogP contribution in [-0.2, 0) is 52.6 Å². The van der Waals surface area contributed by atoms with Crippen LogP contribution in [0, 0.1) is 27.7 Å². The van der Waals surface area contributed by atoms with E-state index in [0.717, 1.165) is 159 Å². The van der Waals surface area contributed by atoms with Gasteiger partial charge in [0.1, 0.15) is 34.9 Å². The molecule has 1 fully saturated rings. The topological polar surface area (TPSA) is 289 Å². The third kappa shape index (κ3) is 22.1. The molecule has 0 unspecified atom stereocenters. The Morgan fingerprint density at radius 3 is 1.10 bits per heavy atom. The SMILES string of the molecule is CCOc1ccc(-n2cc(-c3cnn(C)c3)c(NCc3ccccn3)cc2=O)c(C)c1.CCOc1ccc(-n2cc(-c3cnn(C)c3)c(NCc3cccnc3)cc2=O)c(C)c1.CCOc1ccc(-n2cc(-c3cnn(C)c3)c(NCc3ccncc3)cc2=O)c(C)c1.CCOc1ccc(-n2cc(-c3cnn(C)c3)c(OC3CCOCC3)cc2=O)c(C)c1. The number of aromatic nitrogens is 15. The molecule has 1 aliphatic rings. The summed E-state index contributed by atoms with van der Waals surface area (Å²) in [6.07, 6.45) is 32.8. The van der Waals surface area contributed by atoms with Crippen LogP contribution < -0.4 is 61.9 Å². The second-order valence-electron chi connectivity index (χ2n) is 29.4. The molecule has 0 radical (unpaired) electrons. The van der Waals surface area contributed by atoms with Crippen LogP contribution in [0.15, 0.2) is 264 Å². The first-order valence-electron chi connectivity index (χ1n) is 40.8. The lowest BCUT2D eigenvalue weighted by Crippen LogP contribution is -2.27. The molecule has 0 atom stereocenters. The van der Waals surface area contributed by atoms with Gasteiger partial charge in [-0.2, -0.15) is 20.4 Å². The minimum Gasteiger partial charge on any atom is -0.494 e. The lowest BCUT2D eigenvalue weighted by Gasteiger charge is -2.24. The molecule has 28 nitrogen and oxygen atoms in total. The summed E-state index contributed by atoms with van der Waals surface area (Å²) >= 11 is 0. The van der Waals surface area contributed by atoms with Crippen molar-refractivity contribution in [3.05, 3.63) is 325 Å². The number of ether oxygens (including phenoxy) is 6. The second-order valence-corrected chi connectivity index (χ2v) is 29.4. The summed E-state index contributed by atoms with van der Waals surface area (Å²) in [6.45, 7) is 21.1. The van der Waals surface area contributed by atoms with Crippen LogP contribution in [0.1, 0.15) is 79.6 Å². The number of nitrogens with zero attached hydrogens (tertiary/aromatic N) is 15. The number of pyridine rings is 7. The molecule has 1 saturated heterocycles.